The number of nitrogens with zero attached hydrogens (tertiary/aromatic N) is 1. The van der Waals surface area contributed by atoms with Crippen LogP contribution in [0.15, 0.2) is 71.6 Å². The van der Waals surface area contributed by atoms with Gasteiger partial charge in [-0.05, 0) is 74.6 Å². The van der Waals surface area contributed by atoms with Gasteiger partial charge in [-0.25, -0.2) is 26.4 Å². The van der Waals surface area contributed by atoms with Gasteiger partial charge >= 0.3 is 6.09 Å². The maximum atomic E-state index is 15.4. The lowest BCUT2D eigenvalue weighted by atomic mass is 9.68. The van der Waals surface area contributed by atoms with Crippen molar-refractivity contribution in [2.45, 2.75) is 61.0 Å². The molecule has 10 nitrogen and oxygen atoms in total. The molecule has 5 rings (SSSR count). The van der Waals surface area contributed by atoms with Gasteiger partial charge in [0.1, 0.15) is 23.5 Å². The summed E-state index contributed by atoms with van der Waals surface area (Å²) < 4.78 is 78.4. The van der Waals surface area contributed by atoms with E-state index in [-0.39, 0.29) is 66.6 Å². The van der Waals surface area contributed by atoms with Gasteiger partial charge in [0.15, 0.2) is 0 Å². The van der Waals surface area contributed by atoms with E-state index in [4.69, 9.17) is 4.74 Å². The maximum absolute atomic E-state index is 15.4. The molecule has 3 aromatic carbocycles. The van der Waals surface area contributed by atoms with Gasteiger partial charge in [0, 0.05) is 61.1 Å². The largest absolute Gasteiger partial charge is 0.465 e. The van der Waals surface area contributed by atoms with Crippen LogP contribution in [-0.2, 0) is 31.4 Å². The number of amides is 2. The lowest BCUT2D eigenvalue weighted by Gasteiger charge is -2.43. The molecular formula is C33H37F3N4O6S. The Bertz CT molecular complexity index is 1690. The highest BCUT2D eigenvalue weighted by Gasteiger charge is 2.47. The summed E-state index contributed by atoms with van der Waals surface area (Å²) in [5.74, 6) is -3.27. The average molecular weight is 675 g/mol. The van der Waals surface area contributed by atoms with Crippen LogP contribution in [-0.4, -0.2) is 74.3 Å². The van der Waals surface area contributed by atoms with Crippen molar-refractivity contribution >= 4 is 27.7 Å². The van der Waals surface area contributed by atoms with Gasteiger partial charge in [-0.1, -0.05) is 24.3 Å². The number of anilines is 1. The molecule has 3 aromatic rings. The van der Waals surface area contributed by atoms with Gasteiger partial charge in [-0.2, -0.15) is 4.31 Å². The van der Waals surface area contributed by atoms with Crippen molar-refractivity contribution < 1.29 is 41.0 Å². The van der Waals surface area contributed by atoms with E-state index < -0.39 is 57.0 Å². The van der Waals surface area contributed by atoms with E-state index in [2.05, 4.69) is 16.0 Å². The molecule has 2 heterocycles. The molecule has 0 unspecified atom stereocenters. The third-order valence-corrected chi connectivity index (χ3v) is 11.0. The Balaban J connectivity index is 1.43. The van der Waals surface area contributed by atoms with Crippen molar-refractivity contribution in [3.63, 3.8) is 0 Å². The van der Waals surface area contributed by atoms with Crippen molar-refractivity contribution in [1.29, 1.82) is 0 Å². The Morgan fingerprint density at radius 3 is 2.36 bits per heavy atom. The highest BCUT2D eigenvalue weighted by molar-refractivity contribution is 7.89. The molecule has 0 spiro atoms. The first kappa shape index (κ1) is 34.4. The number of carboxylic acid groups (broad SMARTS) is 1. The lowest BCUT2D eigenvalue weighted by Crippen LogP contribution is -2.58. The molecule has 2 fully saturated rings. The second-order valence-electron chi connectivity index (χ2n) is 11.9. The van der Waals surface area contributed by atoms with Crippen molar-refractivity contribution in [1.82, 2.24) is 14.9 Å². The molecule has 2 saturated heterocycles. The van der Waals surface area contributed by atoms with E-state index in [0.29, 0.717) is 19.2 Å². The molecule has 4 N–H and O–H groups in total. The van der Waals surface area contributed by atoms with Gasteiger partial charge in [0.25, 0.3) is 0 Å². The van der Waals surface area contributed by atoms with Crippen LogP contribution < -0.4 is 16.0 Å². The fourth-order valence-electron chi connectivity index (χ4n) is 6.72. The van der Waals surface area contributed by atoms with Crippen LogP contribution in [0.1, 0.15) is 37.3 Å². The first-order valence-electron chi connectivity index (χ1n) is 15.3. The van der Waals surface area contributed by atoms with Crippen LogP contribution in [0.3, 0.4) is 0 Å². The molecule has 0 aromatic heterocycles. The van der Waals surface area contributed by atoms with E-state index in [9.17, 15) is 31.9 Å². The molecule has 14 heteroatoms. The van der Waals surface area contributed by atoms with Crippen molar-refractivity contribution in [3.8, 4) is 0 Å². The van der Waals surface area contributed by atoms with E-state index in [1.165, 1.54) is 34.6 Å². The Labute approximate surface area is 271 Å². The number of sulfonamides is 1. The Morgan fingerprint density at radius 2 is 1.70 bits per heavy atom. The molecule has 0 bridgehead atoms. The summed E-state index contributed by atoms with van der Waals surface area (Å²) in [6.45, 7) is 2.76. The monoisotopic (exact) mass is 674 g/mol. The molecule has 2 amide bonds. The van der Waals surface area contributed by atoms with Gasteiger partial charge in [0.2, 0.25) is 15.9 Å². The maximum Gasteiger partial charge on any atom is 0.405 e. The minimum absolute atomic E-state index is 0.0350. The summed E-state index contributed by atoms with van der Waals surface area (Å²) in [5, 5.41) is 17.9. The number of piperazine rings is 1. The minimum atomic E-state index is -3.88. The summed E-state index contributed by atoms with van der Waals surface area (Å²) >= 11 is 0. The first-order chi connectivity index (χ1) is 22.4. The second kappa shape index (κ2) is 14.4. The number of ether oxygens (including phenoxy) is 1. The van der Waals surface area contributed by atoms with Gasteiger partial charge in [-0.3, -0.25) is 4.79 Å². The number of carbonyl (C=O) groups is 2. The quantitative estimate of drug-likeness (QED) is 0.250. The van der Waals surface area contributed by atoms with Crippen LogP contribution in [0, 0.1) is 17.5 Å². The topological polar surface area (TPSA) is 137 Å². The van der Waals surface area contributed by atoms with Crippen LogP contribution in [0.4, 0.5) is 23.7 Å². The predicted octanol–water partition coefficient (Wildman–Crippen LogP) is 4.41. The number of hydrogen-bond acceptors (Lipinski definition) is 6. The number of nitrogens with one attached hydrogen (secondary N) is 3. The third kappa shape index (κ3) is 7.45. The molecular weight excluding hydrogens is 637 g/mol. The fraction of sp³-hybridized carbons (Fsp3) is 0.394. The van der Waals surface area contributed by atoms with Crippen LogP contribution in [0.2, 0.25) is 0 Å². The molecule has 0 saturated carbocycles. The standard InChI is InChI=1S/C33H37F3N4O6S/c1-21-19-37-20-25(40(21)47(44,45)26-6-3-2-4-7-26)10-11-27-28(36)8-5-9-29(27)38-31(41)30(39-32(42)43)33(12-14-46-15-13-33)22-16-23(34)18-24(35)17-22/h2-9,16-18,21,25,30,37,39H,10-15,19-20H2,1H3,(H,38,41)(H,42,43)/t21-,25-,30+/m0/s1. The molecule has 252 valence electrons. The Kier molecular flexibility index (Phi) is 10.5. The Hall–Kier alpha value is -3.98. The van der Waals surface area contributed by atoms with E-state index in [0.717, 1.165) is 12.1 Å². The fourth-order valence-corrected chi connectivity index (χ4v) is 8.59. The zero-order valence-corrected chi connectivity index (χ0v) is 26.5. The molecule has 2 aliphatic rings. The first-order valence-corrected chi connectivity index (χ1v) is 16.8. The van der Waals surface area contributed by atoms with Gasteiger partial charge in [0.05, 0.1) is 4.90 Å². The smallest absolute Gasteiger partial charge is 0.405 e. The SMILES string of the molecule is C[C@H]1CNC[C@H](CCc2c(F)cccc2NC(=O)[C@@H](NC(=O)O)C2(c3cc(F)cc(F)c3)CCOCC2)N1S(=O)(=O)c1ccccc1. The normalized spacial score (nSPS) is 20.7. The highest BCUT2D eigenvalue weighted by atomic mass is 32.2. The van der Waals surface area contributed by atoms with Crippen molar-refractivity contribution in [2.75, 3.05) is 31.6 Å². The van der Waals surface area contributed by atoms with E-state index in [1.54, 1.807) is 25.1 Å². The number of benzene rings is 3. The summed E-state index contributed by atoms with van der Waals surface area (Å²) in [7, 11) is -3.88. The van der Waals surface area contributed by atoms with E-state index in [1.807, 2.05) is 0 Å². The molecule has 47 heavy (non-hydrogen) atoms. The van der Waals surface area contributed by atoms with Crippen LogP contribution in [0.25, 0.3) is 0 Å². The summed E-state index contributed by atoms with van der Waals surface area (Å²) in [5.41, 5.74) is -1.13. The van der Waals surface area contributed by atoms with Gasteiger partial charge in [-0.15, -0.1) is 0 Å². The van der Waals surface area contributed by atoms with Crippen LogP contribution >= 0.6 is 0 Å². The van der Waals surface area contributed by atoms with Gasteiger partial charge < -0.3 is 25.8 Å². The number of carbonyl (C=O) groups excluding carboxylic acids is 1. The summed E-state index contributed by atoms with van der Waals surface area (Å²) in [6.07, 6.45) is -1.15. The molecule has 0 aliphatic carbocycles. The second-order valence-corrected chi connectivity index (χ2v) is 13.8. The molecule has 3 atom stereocenters. The van der Waals surface area contributed by atoms with Crippen LogP contribution in [0.5, 0.6) is 0 Å². The number of hydrogen-bond donors (Lipinski definition) is 4. The van der Waals surface area contributed by atoms with Crippen molar-refractivity contribution in [2.24, 2.45) is 0 Å². The van der Waals surface area contributed by atoms with E-state index >= 15 is 4.39 Å². The average Bonchev–Trinajstić information content (AvgIpc) is 3.03. The predicted molar refractivity (Wildman–Crippen MR) is 168 cm³/mol. The highest BCUT2D eigenvalue weighted by Crippen LogP contribution is 2.40. The minimum Gasteiger partial charge on any atom is -0.465 e. The number of halogens is 3. The molecule has 0 radical (unpaired) electrons. The third-order valence-electron chi connectivity index (χ3n) is 8.94. The summed E-state index contributed by atoms with van der Waals surface area (Å²) in [4.78, 5) is 26.1. The molecule has 2 aliphatic heterocycles. The summed E-state index contributed by atoms with van der Waals surface area (Å²) in [6, 6.07) is 12.5. The zero-order chi connectivity index (χ0) is 33.8. The van der Waals surface area contributed by atoms with Crippen molar-refractivity contribution in [3.05, 3.63) is 95.3 Å². The zero-order valence-electron chi connectivity index (χ0n) is 25.7. The number of rotatable bonds is 10. The Morgan fingerprint density at radius 1 is 1.02 bits per heavy atom. The lowest BCUT2D eigenvalue weighted by molar-refractivity contribution is -0.121.